The Labute approximate surface area is 145 Å². The molecule has 0 bridgehead atoms. The first-order valence-corrected chi connectivity index (χ1v) is 9.00. The van der Waals surface area contributed by atoms with Gasteiger partial charge in [-0.3, -0.25) is 5.01 Å². The Balaban J connectivity index is 1.47. The van der Waals surface area contributed by atoms with Gasteiger partial charge in [-0.15, -0.1) is 0 Å². The van der Waals surface area contributed by atoms with Gasteiger partial charge < -0.3 is 4.90 Å². The lowest BCUT2D eigenvalue weighted by Gasteiger charge is -2.30. The van der Waals surface area contributed by atoms with Crippen LogP contribution in [-0.2, 0) is 13.0 Å². The van der Waals surface area contributed by atoms with E-state index in [1.54, 1.807) is 4.90 Å². The predicted molar refractivity (Wildman–Crippen MR) is 101 cm³/mol. The minimum absolute atomic E-state index is 1.03. The summed E-state index contributed by atoms with van der Waals surface area (Å²) in [7, 11) is 0. The zero-order valence-electron chi connectivity index (χ0n) is 14.8. The van der Waals surface area contributed by atoms with Crippen molar-refractivity contribution in [2.75, 3.05) is 26.2 Å². The molecule has 3 heteroatoms. The van der Waals surface area contributed by atoms with E-state index in [1.165, 1.54) is 22.3 Å². The number of nitrogens with zero attached hydrogens (tertiary/aromatic N) is 2. The first-order valence-electron chi connectivity index (χ1n) is 9.00. The van der Waals surface area contributed by atoms with E-state index in [0.717, 1.165) is 39.1 Å². The zero-order chi connectivity index (χ0) is 16.8. The summed E-state index contributed by atoms with van der Waals surface area (Å²) in [5, 5.41) is 6.86. The third kappa shape index (κ3) is 4.68. The lowest BCUT2D eigenvalue weighted by molar-refractivity contribution is -0.918. The summed E-state index contributed by atoms with van der Waals surface area (Å²) in [6, 6.07) is 17.6. The van der Waals surface area contributed by atoms with Gasteiger partial charge in [-0.05, 0) is 24.5 Å². The minimum atomic E-state index is 1.03. The van der Waals surface area contributed by atoms with Crippen LogP contribution in [0.25, 0.3) is 0 Å². The zero-order valence-corrected chi connectivity index (χ0v) is 14.8. The molecule has 1 heterocycles. The average Bonchev–Trinajstić information content (AvgIpc) is 2.63. The summed E-state index contributed by atoms with van der Waals surface area (Å²) in [5.74, 6) is 0. The predicted octanol–water partition coefficient (Wildman–Crippen LogP) is 2.29. The number of rotatable bonds is 5. The largest absolute Gasteiger partial charge is 0.328 e. The van der Waals surface area contributed by atoms with Crippen molar-refractivity contribution in [3.05, 3.63) is 70.8 Å². The van der Waals surface area contributed by atoms with E-state index in [-0.39, 0.29) is 0 Å². The van der Waals surface area contributed by atoms with Crippen LogP contribution in [-0.4, -0.2) is 37.4 Å². The second kappa shape index (κ2) is 8.11. The second-order valence-corrected chi connectivity index (χ2v) is 6.71. The van der Waals surface area contributed by atoms with Gasteiger partial charge in [0.25, 0.3) is 0 Å². The summed E-state index contributed by atoms with van der Waals surface area (Å²) >= 11 is 0. The summed E-state index contributed by atoms with van der Waals surface area (Å²) in [6.45, 7) is 9.82. The van der Waals surface area contributed by atoms with Crippen LogP contribution in [0.1, 0.15) is 29.2 Å². The molecule has 0 atom stereocenters. The maximum Gasteiger partial charge on any atom is 0.103 e. The van der Waals surface area contributed by atoms with Crippen LogP contribution in [0, 0.1) is 6.92 Å². The normalized spacial score (nSPS) is 16.0. The van der Waals surface area contributed by atoms with Gasteiger partial charge in [0.05, 0.1) is 32.4 Å². The van der Waals surface area contributed by atoms with Crippen LogP contribution in [0.3, 0.4) is 0 Å². The van der Waals surface area contributed by atoms with Crippen LogP contribution in [0.15, 0.2) is 53.6 Å². The van der Waals surface area contributed by atoms with E-state index in [4.69, 9.17) is 0 Å². The van der Waals surface area contributed by atoms with Gasteiger partial charge in [-0.1, -0.05) is 61.0 Å². The molecule has 1 saturated heterocycles. The Morgan fingerprint density at radius 2 is 1.58 bits per heavy atom. The Morgan fingerprint density at radius 3 is 2.21 bits per heavy atom. The molecule has 24 heavy (non-hydrogen) atoms. The van der Waals surface area contributed by atoms with Gasteiger partial charge in [0.1, 0.15) is 6.54 Å². The number of piperazine rings is 1. The van der Waals surface area contributed by atoms with Gasteiger partial charge in [-0.2, -0.15) is 5.10 Å². The number of aryl methyl sites for hydroxylation is 2. The molecule has 126 valence electrons. The monoisotopic (exact) mass is 322 g/mol. The van der Waals surface area contributed by atoms with Gasteiger partial charge >= 0.3 is 0 Å². The van der Waals surface area contributed by atoms with Crippen molar-refractivity contribution in [1.82, 2.24) is 5.01 Å². The SMILES string of the molecule is CCc1ccc(/C=N/N2CC[NH+](Cc3ccc(C)cc3)CC2)cc1. The molecule has 0 amide bonds. The number of quaternary nitrogens is 1. The molecule has 1 aliphatic rings. The molecule has 2 aromatic carbocycles. The Morgan fingerprint density at radius 1 is 0.958 bits per heavy atom. The molecule has 0 aromatic heterocycles. The highest BCUT2D eigenvalue weighted by Gasteiger charge is 2.18. The first-order chi connectivity index (χ1) is 11.7. The van der Waals surface area contributed by atoms with Gasteiger partial charge in [0.15, 0.2) is 0 Å². The molecule has 0 unspecified atom stereocenters. The molecule has 0 radical (unpaired) electrons. The topological polar surface area (TPSA) is 20.0 Å². The van der Waals surface area contributed by atoms with Crippen LogP contribution >= 0.6 is 0 Å². The molecule has 2 aromatic rings. The Bertz CT molecular complexity index is 650. The summed E-state index contributed by atoms with van der Waals surface area (Å²) in [5.41, 5.74) is 5.32. The van der Waals surface area contributed by atoms with E-state index < -0.39 is 0 Å². The third-order valence-electron chi connectivity index (χ3n) is 4.78. The molecular formula is C21H28N3+. The molecule has 0 spiro atoms. The molecule has 3 nitrogen and oxygen atoms in total. The van der Waals surface area contributed by atoms with Crippen molar-refractivity contribution in [2.45, 2.75) is 26.8 Å². The van der Waals surface area contributed by atoms with Crippen molar-refractivity contribution in [1.29, 1.82) is 0 Å². The second-order valence-electron chi connectivity index (χ2n) is 6.71. The smallest absolute Gasteiger partial charge is 0.103 e. The maximum atomic E-state index is 4.66. The van der Waals surface area contributed by atoms with Crippen LogP contribution < -0.4 is 4.90 Å². The van der Waals surface area contributed by atoms with E-state index in [1.807, 2.05) is 6.21 Å². The number of hydrogen-bond donors (Lipinski definition) is 1. The Kier molecular flexibility index (Phi) is 5.65. The van der Waals surface area contributed by atoms with Crippen LogP contribution in [0.4, 0.5) is 0 Å². The molecule has 0 aliphatic carbocycles. The lowest BCUT2D eigenvalue weighted by Crippen LogP contribution is -3.13. The quantitative estimate of drug-likeness (QED) is 0.838. The minimum Gasteiger partial charge on any atom is -0.328 e. The molecule has 3 rings (SSSR count). The van der Waals surface area contributed by atoms with E-state index >= 15 is 0 Å². The fourth-order valence-corrected chi connectivity index (χ4v) is 3.09. The van der Waals surface area contributed by atoms with E-state index in [9.17, 15) is 0 Å². The lowest BCUT2D eigenvalue weighted by atomic mass is 10.1. The third-order valence-corrected chi connectivity index (χ3v) is 4.78. The van der Waals surface area contributed by atoms with Gasteiger partial charge in [0.2, 0.25) is 0 Å². The number of benzene rings is 2. The molecule has 1 aliphatic heterocycles. The highest BCUT2D eigenvalue weighted by atomic mass is 15.5. The fourth-order valence-electron chi connectivity index (χ4n) is 3.09. The van der Waals surface area contributed by atoms with Crippen molar-refractivity contribution in [3.63, 3.8) is 0 Å². The maximum absolute atomic E-state index is 4.66. The average molecular weight is 322 g/mol. The van der Waals surface area contributed by atoms with E-state index in [2.05, 4.69) is 72.5 Å². The Hall–Kier alpha value is -2.13. The van der Waals surface area contributed by atoms with Crippen molar-refractivity contribution < 1.29 is 4.90 Å². The molecule has 0 saturated carbocycles. The molecule has 1 fully saturated rings. The van der Waals surface area contributed by atoms with Crippen LogP contribution in [0.5, 0.6) is 0 Å². The summed E-state index contributed by atoms with van der Waals surface area (Å²) in [6.07, 6.45) is 3.08. The first kappa shape index (κ1) is 16.7. The number of hydrazone groups is 1. The van der Waals surface area contributed by atoms with Crippen molar-refractivity contribution in [2.24, 2.45) is 5.10 Å². The van der Waals surface area contributed by atoms with Crippen molar-refractivity contribution in [3.8, 4) is 0 Å². The number of nitrogens with one attached hydrogen (secondary N) is 1. The summed E-state index contributed by atoms with van der Waals surface area (Å²) < 4.78 is 0. The van der Waals surface area contributed by atoms with E-state index in [0.29, 0.717) is 0 Å². The fraction of sp³-hybridized carbons (Fsp3) is 0.381. The van der Waals surface area contributed by atoms with Gasteiger partial charge in [0, 0.05) is 5.56 Å². The highest BCUT2D eigenvalue weighted by molar-refractivity contribution is 5.79. The van der Waals surface area contributed by atoms with Crippen molar-refractivity contribution >= 4 is 6.21 Å². The number of hydrogen-bond acceptors (Lipinski definition) is 2. The highest BCUT2D eigenvalue weighted by Crippen LogP contribution is 2.04. The standard InChI is InChI=1S/C21H27N3/c1-3-19-8-10-20(11-9-19)16-22-24-14-12-23(13-15-24)17-21-6-4-18(2)5-7-21/h4-11,16H,3,12-15,17H2,1-2H3/p+1/b22-16+. The molecule has 1 N–H and O–H groups in total. The van der Waals surface area contributed by atoms with Gasteiger partial charge in [-0.25, -0.2) is 0 Å². The molecular weight excluding hydrogens is 294 g/mol. The van der Waals surface area contributed by atoms with Crippen LogP contribution in [0.2, 0.25) is 0 Å². The summed E-state index contributed by atoms with van der Waals surface area (Å²) in [4.78, 5) is 1.65.